The van der Waals surface area contributed by atoms with E-state index >= 15 is 0 Å². The van der Waals surface area contributed by atoms with E-state index in [2.05, 4.69) is 5.10 Å². The molecule has 166 valence electrons. The van der Waals surface area contributed by atoms with Crippen LogP contribution in [-0.2, 0) is 31.2 Å². The smallest absolute Gasteiger partial charge is 0.254 e. The average molecular weight is 441 g/mol. The minimum atomic E-state index is -1.49. The number of carbonyl (C=O) groups is 1. The van der Waals surface area contributed by atoms with Crippen LogP contribution in [-0.4, -0.2) is 33.7 Å². The van der Waals surface area contributed by atoms with Crippen LogP contribution in [0, 0.1) is 17.5 Å². The van der Waals surface area contributed by atoms with Gasteiger partial charge in [-0.15, -0.1) is 0 Å². The summed E-state index contributed by atoms with van der Waals surface area (Å²) in [6.45, 7) is 3.44. The van der Waals surface area contributed by atoms with Gasteiger partial charge in [0, 0.05) is 30.3 Å². The third-order valence-corrected chi connectivity index (χ3v) is 6.42. The molecule has 0 saturated carbocycles. The van der Waals surface area contributed by atoms with Crippen LogP contribution in [0.15, 0.2) is 30.3 Å². The van der Waals surface area contributed by atoms with Gasteiger partial charge in [0.25, 0.3) is 5.91 Å². The van der Waals surface area contributed by atoms with E-state index in [1.807, 2.05) is 25.1 Å². The Morgan fingerprint density at radius 3 is 2.62 bits per heavy atom. The summed E-state index contributed by atoms with van der Waals surface area (Å²) in [4.78, 5) is 15.3. The predicted octanol–water partition coefficient (Wildman–Crippen LogP) is 4.34. The molecule has 3 heterocycles. The van der Waals surface area contributed by atoms with Crippen LogP contribution in [0.4, 0.5) is 13.2 Å². The Kier molecular flexibility index (Phi) is 5.04. The third-order valence-electron chi connectivity index (χ3n) is 6.42. The lowest BCUT2D eigenvalue weighted by Gasteiger charge is -2.34. The lowest BCUT2D eigenvalue weighted by molar-refractivity contribution is 0.0667. The van der Waals surface area contributed by atoms with E-state index in [-0.39, 0.29) is 17.5 Å². The molecule has 0 unspecified atom stereocenters. The number of carbonyl (C=O) groups excluding carboxylic acids is 1. The van der Waals surface area contributed by atoms with Crippen molar-refractivity contribution in [3.63, 3.8) is 0 Å². The van der Waals surface area contributed by atoms with Gasteiger partial charge >= 0.3 is 0 Å². The number of rotatable bonds is 2. The van der Waals surface area contributed by atoms with E-state index in [1.54, 1.807) is 16.6 Å². The Balaban J connectivity index is 1.51. The number of amides is 1. The maximum Gasteiger partial charge on any atom is 0.254 e. The Hall–Kier alpha value is -3.13. The first-order valence-corrected chi connectivity index (χ1v) is 10.6. The molecule has 0 radical (unpaired) electrons. The van der Waals surface area contributed by atoms with Gasteiger partial charge in [0.1, 0.15) is 0 Å². The van der Waals surface area contributed by atoms with Gasteiger partial charge < -0.3 is 9.64 Å². The zero-order chi connectivity index (χ0) is 22.6. The average Bonchev–Trinajstić information content (AvgIpc) is 3.13. The van der Waals surface area contributed by atoms with Crippen molar-refractivity contribution in [1.82, 2.24) is 14.7 Å². The number of fused-ring (bicyclic) bond motifs is 2. The van der Waals surface area contributed by atoms with Crippen LogP contribution in [0.3, 0.4) is 0 Å². The highest BCUT2D eigenvalue weighted by Crippen LogP contribution is 2.37. The van der Waals surface area contributed by atoms with Crippen molar-refractivity contribution < 1.29 is 22.7 Å². The summed E-state index contributed by atoms with van der Waals surface area (Å²) in [7, 11) is 1.68. The van der Waals surface area contributed by atoms with Crippen molar-refractivity contribution in [2.75, 3.05) is 13.2 Å². The fourth-order valence-electron chi connectivity index (χ4n) is 4.85. The number of hydrogen-bond donors (Lipinski definition) is 0. The van der Waals surface area contributed by atoms with Gasteiger partial charge in [-0.2, -0.15) is 5.10 Å². The topological polar surface area (TPSA) is 47.4 Å². The summed E-state index contributed by atoms with van der Waals surface area (Å²) in [5.41, 5.74) is 5.00. The van der Waals surface area contributed by atoms with Crippen molar-refractivity contribution >= 4 is 5.91 Å². The molecule has 2 aromatic carbocycles. The van der Waals surface area contributed by atoms with Gasteiger partial charge in [-0.3, -0.25) is 9.48 Å². The van der Waals surface area contributed by atoms with E-state index in [1.165, 1.54) is 0 Å². The van der Waals surface area contributed by atoms with Crippen LogP contribution in [0.2, 0.25) is 0 Å². The fourth-order valence-corrected chi connectivity index (χ4v) is 4.85. The van der Waals surface area contributed by atoms with Crippen molar-refractivity contribution in [3.8, 4) is 11.3 Å². The normalized spacial score (nSPS) is 17.8. The number of aromatic nitrogens is 2. The van der Waals surface area contributed by atoms with Crippen molar-refractivity contribution in [3.05, 3.63) is 75.7 Å². The van der Waals surface area contributed by atoms with Gasteiger partial charge in [0.2, 0.25) is 0 Å². The van der Waals surface area contributed by atoms with Gasteiger partial charge in [0.05, 0.1) is 30.6 Å². The maximum absolute atomic E-state index is 13.9. The summed E-state index contributed by atoms with van der Waals surface area (Å²) in [6.07, 6.45) is 1.17. The van der Waals surface area contributed by atoms with Gasteiger partial charge in [0.15, 0.2) is 17.5 Å². The highest BCUT2D eigenvalue weighted by molar-refractivity contribution is 5.96. The second-order valence-electron chi connectivity index (χ2n) is 8.26. The summed E-state index contributed by atoms with van der Waals surface area (Å²) in [5.74, 6) is -4.04. The lowest BCUT2D eigenvalue weighted by Crippen LogP contribution is -2.39. The largest absolute Gasteiger partial charge is 0.376 e. The number of hydrogen-bond acceptors (Lipinski definition) is 3. The molecule has 0 N–H and O–H groups in total. The standard InChI is InChI=1S/C24H22F3N3O2/c1-13-22-18(23(29(2)28-22)15-10-19(25)21(27)20(26)11-15)6-8-30(13)24(31)17-5-3-4-14-12-32-9-7-16(14)17/h3-5,10-11,13H,6-9,12H2,1-2H3/t13-/m0/s1. The molecule has 2 aliphatic heterocycles. The van der Waals surface area contributed by atoms with Crippen molar-refractivity contribution in [2.24, 2.45) is 7.05 Å². The number of aryl methyl sites for hydroxylation is 1. The Morgan fingerprint density at radius 2 is 1.88 bits per heavy atom. The van der Waals surface area contributed by atoms with Crippen molar-refractivity contribution in [1.29, 1.82) is 0 Å². The van der Waals surface area contributed by atoms with Crippen LogP contribution in [0.25, 0.3) is 11.3 Å². The molecule has 5 nitrogen and oxygen atoms in total. The number of halogens is 3. The molecule has 2 aliphatic rings. The van der Waals surface area contributed by atoms with Crippen LogP contribution < -0.4 is 0 Å². The molecule has 8 heteroatoms. The zero-order valence-electron chi connectivity index (χ0n) is 17.8. The fraction of sp³-hybridized carbons (Fsp3) is 0.333. The van der Waals surface area contributed by atoms with Gasteiger partial charge in [-0.05, 0) is 49.1 Å². The molecular formula is C24H22F3N3O2. The second-order valence-corrected chi connectivity index (χ2v) is 8.26. The molecule has 32 heavy (non-hydrogen) atoms. The molecule has 0 bridgehead atoms. The van der Waals surface area contributed by atoms with E-state index < -0.39 is 17.5 Å². The molecule has 0 saturated heterocycles. The zero-order valence-corrected chi connectivity index (χ0v) is 17.8. The van der Waals surface area contributed by atoms with Crippen LogP contribution >= 0.6 is 0 Å². The molecule has 3 aromatic rings. The third kappa shape index (κ3) is 3.21. The molecule has 5 rings (SSSR count). The van der Waals surface area contributed by atoms with E-state index in [0.29, 0.717) is 49.6 Å². The highest BCUT2D eigenvalue weighted by Gasteiger charge is 2.34. The lowest BCUT2D eigenvalue weighted by atomic mass is 9.92. The monoisotopic (exact) mass is 441 g/mol. The van der Waals surface area contributed by atoms with E-state index in [0.717, 1.165) is 28.8 Å². The predicted molar refractivity (Wildman–Crippen MR) is 111 cm³/mol. The Bertz CT molecular complexity index is 1210. The number of ether oxygens (including phenoxy) is 1. The number of benzene rings is 2. The molecule has 1 amide bonds. The van der Waals surface area contributed by atoms with Crippen LogP contribution in [0.5, 0.6) is 0 Å². The first-order valence-electron chi connectivity index (χ1n) is 10.6. The first kappa shape index (κ1) is 20.8. The van der Waals surface area contributed by atoms with Crippen LogP contribution in [0.1, 0.15) is 45.7 Å². The maximum atomic E-state index is 13.9. The summed E-state index contributed by atoms with van der Waals surface area (Å²) < 4.78 is 48.2. The summed E-state index contributed by atoms with van der Waals surface area (Å²) in [5, 5.41) is 4.57. The first-order chi connectivity index (χ1) is 15.4. The summed E-state index contributed by atoms with van der Waals surface area (Å²) >= 11 is 0. The highest BCUT2D eigenvalue weighted by atomic mass is 19.2. The minimum absolute atomic E-state index is 0.0621. The Labute approximate surface area is 183 Å². The van der Waals surface area contributed by atoms with E-state index in [9.17, 15) is 18.0 Å². The summed E-state index contributed by atoms with van der Waals surface area (Å²) in [6, 6.07) is 7.35. The SMILES string of the molecule is C[C@H]1c2nn(C)c(-c3cc(F)c(F)c(F)c3)c2CCN1C(=O)c1cccc2c1CCOC2. The molecule has 1 atom stereocenters. The minimum Gasteiger partial charge on any atom is -0.376 e. The van der Waals surface area contributed by atoms with Crippen molar-refractivity contribution in [2.45, 2.75) is 32.4 Å². The molecular weight excluding hydrogens is 419 g/mol. The van der Waals surface area contributed by atoms with Gasteiger partial charge in [-0.1, -0.05) is 12.1 Å². The Morgan fingerprint density at radius 1 is 1.12 bits per heavy atom. The molecule has 0 spiro atoms. The molecule has 1 aromatic heterocycles. The second kappa shape index (κ2) is 7.78. The quantitative estimate of drug-likeness (QED) is 0.556. The molecule has 0 aliphatic carbocycles. The molecule has 0 fully saturated rings. The van der Waals surface area contributed by atoms with E-state index in [4.69, 9.17) is 4.74 Å². The number of nitrogens with zero attached hydrogens (tertiary/aromatic N) is 3. The van der Waals surface area contributed by atoms with Gasteiger partial charge in [-0.25, -0.2) is 13.2 Å².